The normalized spacial score (nSPS) is 13.1. The van der Waals surface area contributed by atoms with Gasteiger partial charge in [0, 0.05) is 23.6 Å². The van der Waals surface area contributed by atoms with Crippen LogP contribution in [0.4, 0.5) is 0 Å². The van der Waals surface area contributed by atoms with Crippen molar-refractivity contribution < 1.29 is 5.11 Å². The first-order valence-electron chi connectivity index (χ1n) is 5.41. The fourth-order valence-electron chi connectivity index (χ4n) is 1.52. The van der Waals surface area contributed by atoms with Crippen LogP contribution in [0.2, 0.25) is 0 Å². The number of halogens is 1. The summed E-state index contributed by atoms with van der Waals surface area (Å²) in [6.07, 6.45) is 1.00. The summed E-state index contributed by atoms with van der Waals surface area (Å²) in [5, 5.41) is 8.84. The molecule has 0 fully saturated rings. The lowest BCUT2D eigenvalue weighted by Gasteiger charge is -2.19. The van der Waals surface area contributed by atoms with E-state index in [0.717, 1.165) is 24.0 Å². The van der Waals surface area contributed by atoms with Crippen molar-refractivity contribution >= 4 is 15.9 Å². The molecular formula is C12H19BrN2O. The average Bonchev–Trinajstić information content (AvgIpc) is 2.28. The highest BCUT2D eigenvalue weighted by Gasteiger charge is 2.05. The average molecular weight is 287 g/mol. The van der Waals surface area contributed by atoms with Gasteiger partial charge in [0.2, 0.25) is 0 Å². The number of hydrogen-bond donors (Lipinski definition) is 2. The summed E-state index contributed by atoms with van der Waals surface area (Å²) in [6.45, 7) is 1.73. The highest BCUT2D eigenvalue weighted by molar-refractivity contribution is 9.10. The van der Waals surface area contributed by atoms with Gasteiger partial charge in [0.15, 0.2) is 0 Å². The van der Waals surface area contributed by atoms with E-state index in [4.69, 9.17) is 10.8 Å². The van der Waals surface area contributed by atoms with E-state index in [-0.39, 0.29) is 12.6 Å². The summed E-state index contributed by atoms with van der Waals surface area (Å²) in [5.74, 6) is 0. The number of rotatable bonds is 6. The molecule has 1 atom stereocenters. The Labute approximate surface area is 105 Å². The van der Waals surface area contributed by atoms with E-state index in [1.807, 2.05) is 7.05 Å². The first-order chi connectivity index (χ1) is 7.61. The Morgan fingerprint density at radius 3 is 2.56 bits per heavy atom. The van der Waals surface area contributed by atoms with Crippen LogP contribution >= 0.6 is 15.9 Å². The molecule has 0 bridgehead atoms. The number of benzene rings is 1. The lowest BCUT2D eigenvalue weighted by molar-refractivity contribution is 0.223. The molecule has 0 saturated carbocycles. The van der Waals surface area contributed by atoms with E-state index < -0.39 is 0 Å². The third kappa shape index (κ3) is 5.07. The van der Waals surface area contributed by atoms with Crippen LogP contribution in [0.5, 0.6) is 0 Å². The van der Waals surface area contributed by atoms with E-state index >= 15 is 0 Å². The summed E-state index contributed by atoms with van der Waals surface area (Å²) >= 11 is 3.41. The monoisotopic (exact) mass is 286 g/mol. The molecule has 1 aromatic carbocycles. The van der Waals surface area contributed by atoms with Crippen LogP contribution in [-0.2, 0) is 6.42 Å². The Morgan fingerprint density at radius 1 is 1.38 bits per heavy atom. The molecule has 3 nitrogen and oxygen atoms in total. The Balaban J connectivity index is 2.31. The molecule has 0 heterocycles. The van der Waals surface area contributed by atoms with Gasteiger partial charge in [0.25, 0.3) is 0 Å². The minimum Gasteiger partial charge on any atom is -0.395 e. The van der Waals surface area contributed by atoms with Crippen molar-refractivity contribution in [2.24, 2.45) is 5.73 Å². The largest absolute Gasteiger partial charge is 0.395 e. The van der Waals surface area contributed by atoms with E-state index in [1.165, 1.54) is 5.56 Å². The van der Waals surface area contributed by atoms with Gasteiger partial charge in [-0.05, 0) is 31.2 Å². The third-order valence-corrected chi connectivity index (χ3v) is 3.00. The molecule has 0 saturated heterocycles. The molecule has 0 aliphatic rings. The molecule has 0 amide bonds. The maximum Gasteiger partial charge on any atom is 0.0595 e. The standard InChI is InChI=1S/C12H19BrN2O/c1-15(8-12(14)9-16)7-6-10-2-4-11(13)5-3-10/h2-5,12,16H,6-9,14H2,1H3. The van der Waals surface area contributed by atoms with Crippen LogP contribution in [0.25, 0.3) is 0 Å². The number of nitrogens with zero attached hydrogens (tertiary/aromatic N) is 1. The molecule has 0 radical (unpaired) electrons. The second-order valence-corrected chi connectivity index (χ2v) is 5.00. The third-order valence-electron chi connectivity index (χ3n) is 2.48. The van der Waals surface area contributed by atoms with E-state index in [9.17, 15) is 0 Å². The smallest absolute Gasteiger partial charge is 0.0595 e. The predicted molar refractivity (Wildman–Crippen MR) is 70.4 cm³/mol. The Bertz CT molecular complexity index is 302. The van der Waals surface area contributed by atoms with Gasteiger partial charge in [-0.2, -0.15) is 0 Å². The van der Waals surface area contributed by atoms with Gasteiger partial charge in [0.05, 0.1) is 6.61 Å². The Hall–Kier alpha value is -0.420. The van der Waals surface area contributed by atoms with Crippen molar-refractivity contribution in [3.05, 3.63) is 34.3 Å². The lowest BCUT2D eigenvalue weighted by atomic mass is 10.1. The lowest BCUT2D eigenvalue weighted by Crippen LogP contribution is -2.38. The maximum atomic E-state index is 8.84. The van der Waals surface area contributed by atoms with Crippen LogP contribution in [-0.4, -0.2) is 42.8 Å². The van der Waals surface area contributed by atoms with E-state index in [0.29, 0.717) is 0 Å². The van der Waals surface area contributed by atoms with Crippen LogP contribution < -0.4 is 5.73 Å². The predicted octanol–water partition coefficient (Wildman–Crippen LogP) is 1.24. The van der Waals surface area contributed by atoms with Crippen molar-refractivity contribution in [2.45, 2.75) is 12.5 Å². The molecular weight excluding hydrogens is 268 g/mol. The first kappa shape index (κ1) is 13.6. The van der Waals surface area contributed by atoms with E-state index in [1.54, 1.807) is 0 Å². The maximum absolute atomic E-state index is 8.84. The van der Waals surface area contributed by atoms with Crippen molar-refractivity contribution in [3.63, 3.8) is 0 Å². The van der Waals surface area contributed by atoms with Gasteiger partial charge < -0.3 is 15.7 Å². The molecule has 1 aromatic rings. The number of nitrogens with two attached hydrogens (primary N) is 1. The van der Waals surface area contributed by atoms with Gasteiger partial charge in [-0.1, -0.05) is 28.1 Å². The molecule has 4 heteroatoms. The van der Waals surface area contributed by atoms with Gasteiger partial charge in [-0.3, -0.25) is 0 Å². The Morgan fingerprint density at radius 2 is 2.00 bits per heavy atom. The van der Waals surface area contributed by atoms with Gasteiger partial charge >= 0.3 is 0 Å². The minimum atomic E-state index is -0.144. The second kappa shape index (κ2) is 7.01. The molecule has 16 heavy (non-hydrogen) atoms. The molecule has 0 spiro atoms. The molecule has 0 aliphatic carbocycles. The highest BCUT2D eigenvalue weighted by Crippen LogP contribution is 2.11. The summed E-state index contributed by atoms with van der Waals surface area (Å²) in [5.41, 5.74) is 6.98. The number of likely N-dealkylation sites (N-methyl/N-ethyl adjacent to an activating group) is 1. The summed E-state index contributed by atoms with van der Waals surface area (Å²) in [4.78, 5) is 2.14. The molecule has 90 valence electrons. The van der Waals surface area contributed by atoms with Crippen LogP contribution in [0.3, 0.4) is 0 Å². The number of hydrogen-bond acceptors (Lipinski definition) is 3. The molecule has 0 aromatic heterocycles. The SMILES string of the molecule is CN(CCc1ccc(Br)cc1)CC(N)CO. The summed E-state index contributed by atoms with van der Waals surface area (Å²) in [7, 11) is 2.02. The van der Waals surface area contributed by atoms with Crippen molar-refractivity contribution in [1.29, 1.82) is 0 Å². The fraction of sp³-hybridized carbons (Fsp3) is 0.500. The number of aliphatic hydroxyl groups excluding tert-OH is 1. The van der Waals surface area contributed by atoms with Crippen molar-refractivity contribution in [1.82, 2.24) is 4.90 Å². The molecule has 3 N–H and O–H groups in total. The van der Waals surface area contributed by atoms with Crippen LogP contribution in [0.1, 0.15) is 5.56 Å². The minimum absolute atomic E-state index is 0.0443. The van der Waals surface area contributed by atoms with Gasteiger partial charge in [-0.25, -0.2) is 0 Å². The first-order valence-corrected chi connectivity index (χ1v) is 6.20. The quantitative estimate of drug-likeness (QED) is 0.827. The second-order valence-electron chi connectivity index (χ2n) is 4.08. The highest BCUT2D eigenvalue weighted by atomic mass is 79.9. The van der Waals surface area contributed by atoms with Gasteiger partial charge in [0.1, 0.15) is 0 Å². The zero-order valence-electron chi connectivity index (χ0n) is 9.56. The van der Waals surface area contributed by atoms with E-state index in [2.05, 4.69) is 45.1 Å². The zero-order valence-corrected chi connectivity index (χ0v) is 11.2. The molecule has 1 unspecified atom stereocenters. The van der Waals surface area contributed by atoms with Gasteiger partial charge in [-0.15, -0.1) is 0 Å². The molecule has 1 rings (SSSR count). The summed E-state index contributed by atoms with van der Waals surface area (Å²) < 4.78 is 1.10. The fourth-order valence-corrected chi connectivity index (χ4v) is 1.78. The topological polar surface area (TPSA) is 49.5 Å². The summed E-state index contributed by atoms with van der Waals surface area (Å²) in [6, 6.07) is 8.19. The van der Waals surface area contributed by atoms with Crippen LogP contribution in [0, 0.1) is 0 Å². The van der Waals surface area contributed by atoms with Crippen LogP contribution in [0.15, 0.2) is 28.7 Å². The van der Waals surface area contributed by atoms with Crippen molar-refractivity contribution in [3.8, 4) is 0 Å². The molecule has 0 aliphatic heterocycles. The zero-order chi connectivity index (χ0) is 12.0. The van der Waals surface area contributed by atoms with Crippen molar-refractivity contribution in [2.75, 3.05) is 26.7 Å². The number of aliphatic hydroxyl groups is 1. The Kier molecular flexibility index (Phi) is 5.98.